The predicted octanol–water partition coefficient (Wildman–Crippen LogP) is 3.52. The molecule has 0 radical (unpaired) electrons. The molecule has 1 aliphatic rings. The van der Waals surface area contributed by atoms with Gasteiger partial charge in [-0.15, -0.1) is 10.2 Å². The third-order valence-corrected chi connectivity index (χ3v) is 5.36. The first-order chi connectivity index (χ1) is 15.0. The van der Waals surface area contributed by atoms with Crippen LogP contribution >= 0.6 is 0 Å². The summed E-state index contributed by atoms with van der Waals surface area (Å²) < 4.78 is 46.2. The summed E-state index contributed by atoms with van der Waals surface area (Å²) in [4.78, 5) is 23.4. The summed E-state index contributed by atoms with van der Waals surface area (Å²) in [6.07, 6.45) is 1.21. The standard InChI is InChI=1S/C21H20F3N5O3/c1-9-12(6-10(7-13(9)22)18(30)25-11-4-5-11)15-14(23)8-29-17(16(15)24)27-28-19(29)21(2,3)26-20(31)32/h6-8,11,26H,4-5H2,1-3H3,(H,25,30)(H,31,32). The molecule has 3 N–H and O–H groups in total. The van der Waals surface area contributed by atoms with Crippen LogP contribution in [0.5, 0.6) is 0 Å². The first kappa shape index (κ1) is 21.6. The zero-order valence-electron chi connectivity index (χ0n) is 17.5. The molecular formula is C21H20F3N5O3. The summed E-state index contributed by atoms with van der Waals surface area (Å²) in [5.41, 5.74) is -2.46. The van der Waals surface area contributed by atoms with Crippen molar-refractivity contribution in [3.63, 3.8) is 0 Å². The fourth-order valence-electron chi connectivity index (χ4n) is 3.52. The van der Waals surface area contributed by atoms with Crippen molar-refractivity contribution in [1.29, 1.82) is 0 Å². The molecule has 0 spiro atoms. The highest BCUT2D eigenvalue weighted by atomic mass is 19.1. The molecule has 2 aromatic heterocycles. The fourth-order valence-corrected chi connectivity index (χ4v) is 3.52. The van der Waals surface area contributed by atoms with Gasteiger partial charge in [0, 0.05) is 17.8 Å². The number of benzene rings is 1. The number of fused-ring (bicyclic) bond motifs is 1. The Balaban J connectivity index is 1.86. The molecule has 0 unspecified atom stereocenters. The van der Waals surface area contributed by atoms with Crippen molar-refractivity contribution in [2.24, 2.45) is 0 Å². The lowest BCUT2D eigenvalue weighted by molar-refractivity contribution is 0.0950. The quantitative estimate of drug-likeness (QED) is 0.555. The van der Waals surface area contributed by atoms with E-state index in [9.17, 15) is 14.0 Å². The summed E-state index contributed by atoms with van der Waals surface area (Å²) in [6, 6.07) is 2.29. The van der Waals surface area contributed by atoms with Gasteiger partial charge in [0.2, 0.25) is 0 Å². The van der Waals surface area contributed by atoms with Crippen molar-refractivity contribution >= 4 is 17.6 Å². The lowest BCUT2D eigenvalue weighted by Gasteiger charge is -2.22. The van der Waals surface area contributed by atoms with Gasteiger partial charge in [-0.2, -0.15) is 0 Å². The third kappa shape index (κ3) is 3.74. The second-order valence-electron chi connectivity index (χ2n) is 8.32. The number of halogens is 3. The summed E-state index contributed by atoms with van der Waals surface area (Å²) in [5, 5.41) is 21.5. The molecule has 3 aromatic rings. The van der Waals surface area contributed by atoms with Gasteiger partial charge < -0.3 is 15.7 Å². The van der Waals surface area contributed by atoms with E-state index in [1.807, 2.05) is 0 Å². The van der Waals surface area contributed by atoms with Crippen LogP contribution in [-0.4, -0.2) is 37.7 Å². The lowest BCUT2D eigenvalue weighted by atomic mass is 9.96. The van der Waals surface area contributed by atoms with Gasteiger partial charge in [0.25, 0.3) is 5.91 Å². The van der Waals surface area contributed by atoms with Crippen molar-refractivity contribution in [1.82, 2.24) is 25.2 Å². The average Bonchev–Trinajstić information content (AvgIpc) is 3.38. The number of amides is 2. The molecule has 8 nitrogen and oxygen atoms in total. The first-order valence-corrected chi connectivity index (χ1v) is 9.85. The van der Waals surface area contributed by atoms with Crippen LogP contribution < -0.4 is 10.6 Å². The molecule has 1 aromatic carbocycles. The van der Waals surface area contributed by atoms with E-state index in [1.54, 1.807) is 0 Å². The minimum absolute atomic E-state index is 0.0253. The van der Waals surface area contributed by atoms with Crippen LogP contribution in [0.4, 0.5) is 18.0 Å². The maximum absolute atomic E-state index is 15.4. The molecule has 2 amide bonds. The van der Waals surface area contributed by atoms with Crippen LogP contribution in [0.15, 0.2) is 18.3 Å². The zero-order valence-corrected chi connectivity index (χ0v) is 17.5. The molecule has 0 atom stereocenters. The van der Waals surface area contributed by atoms with Crippen LogP contribution in [0.1, 0.15) is 48.4 Å². The molecular weight excluding hydrogens is 427 g/mol. The number of carboxylic acid groups (broad SMARTS) is 1. The predicted molar refractivity (Wildman–Crippen MR) is 108 cm³/mol. The molecule has 0 bridgehead atoms. The number of nitrogens with zero attached hydrogens (tertiary/aromatic N) is 3. The summed E-state index contributed by atoms with van der Waals surface area (Å²) in [5.74, 6) is -3.52. The Labute approximate surface area is 180 Å². The highest BCUT2D eigenvalue weighted by Gasteiger charge is 2.31. The Hall–Kier alpha value is -3.63. The van der Waals surface area contributed by atoms with E-state index in [4.69, 9.17) is 5.11 Å². The number of pyridine rings is 1. The van der Waals surface area contributed by atoms with E-state index >= 15 is 8.78 Å². The molecule has 1 saturated carbocycles. The number of carbonyl (C=O) groups is 2. The molecule has 1 aliphatic carbocycles. The second kappa shape index (κ2) is 7.50. The Morgan fingerprint density at radius 1 is 1.16 bits per heavy atom. The van der Waals surface area contributed by atoms with Crippen molar-refractivity contribution in [3.8, 4) is 11.1 Å². The number of hydrogen-bond donors (Lipinski definition) is 3. The Kier molecular flexibility index (Phi) is 5.06. The molecule has 32 heavy (non-hydrogen) atoms. The molecule has 168 valence electrons. The van der Waals surface area contributed by atoms with E-state index < -0.39 is 40.6 Å². The Bertz CT molecular complexity index is 1270. The van der Waals surface area contributed by atoms with E-state index in [2.05, 4.69) is 20.8 Å². The van der Waals surface area contributed by atoms with Crippen LogP contribution in [0.3, 0.4) is 0 Å². The smallest absolute Gasteiger partial charge is 0.405 e. The maximum atomic E-state index is 15.4. The Morgan fingerprint density at radius 3 is 2.47 bits per heavy atom. The minimum Gasteiger partial charge on any atom is -0.465 e. The summed E-state index contributed by atoms with van der Waals surface area (Å²) >= 11 is 0. The molecule has 4 rings (SSSR count). The van der Waals surface area contributed by atoms with E-state index in [0.29, 0.717) is 0 Å². The number of hydrogen-bond acceptors (Lipinski definition) is 4. The largest absolute Gasteiger partial charge is 0.465 e. The monoisotopic (exact) mass is 447 g/mol. The van der Waals surface area contributed by atoms with Gasteiger partial charge >= 0.3 is 6.09 Å². The van der Waals surface area contributed by atoms with E-state index in [0.717, 1.165) is 29.5 Å². The highest BCUT2D eigenvalue weighted by molar-refractivity contribution is 5.96. The molecule has 2 heterocycles. The number of rotatable bonds is 5. The van der Waals surface area contributed by atoms with Crippen molar-refractivity contribution in [2.75, 3.05) is 0 Å². The van der Waals surface area contributed by atoms with Gasteiger partial charge in [0.1, 0.15) is 5.82 Å². The topological polar surface area (TPSA) is 109 Å². The molecule has 11 heteroatoms. The number of carbonyl (C=O) groups excluding carboxylic acids is 1. The second-order valence-corrected chi connectivity index (χ2v) is 8.32. The highest BCUT2D eigenvalue weighted by Crippen LogP contribution is 2.34. The van der Waals surface area contributed by atoms with Gasteiger partial charge in [-0.25, -0.2) is 18.0 Å². The molecule has 1 fully saturated rings. The minimum atomic E-state index is -1.35. The third-order valence-electron chi connectivity index (χ3n) is 5.36. The molecule has 0 aliphatic heterocycles. The zero-order chi connectivity index (χ0) is 23.4. The van der Waals surface area contributed by atoms with Crippen molar-refractivity contribution < 1.29 is 27.9 Å². The van der Waals surface area contributed by atoms with Gasteiger partial charge in [-0.3, -0.25) is 9.20 Å². The summed E-state index contributed by atoms with van der Waals surface area (Å²) in [7, 11) is 0. The van der Waals surface area contributed by atoms with Crippen molar-refractivity contribution in [2.45, 2.75) is 45.2 Å². The van der Waals surface area contributed by atoms with Crippen LogP contribution in [-0.2, 0) is 5.54 Å². The summed E-state index contributed by atoms with van der Waals surface area (Å²) in [6.45, 7) is 4.27. The van der Waals surface area contributed by atoms with Gasteiger partial charge in [-0.05, 0) is 56.9 Å². The lowest BCUT2D eigenvalue weighted by Crippen LogP contribution is -2.41. The first-order valence-electron chi connectivity index (χ1n) is 9.85. The van der Waals surface area contributed by atoms with Gasteiger partial charge in [0.15, 0.2) is 23.1 Å². The molecule has 0 saturated heterocycles. The van der Waals surface area contributed by atoms with Crippen LogP contribution in [0.25, 0.3) is 16.8 Å². The van der Waals surface area contributed by atoms with E-state index in [-0.39, 0.29) is 34.2 Å². The SMILES string of the molecule is Cc1c(F)cc(C(=O)NC2CC2)cc1-c1c(F)cn2c(C(C)(C)NC(=O)O)nnc2c1F. The van der Waals surface area contributed by atoms with Crippen LogP contribution in [0.2, 0.25) is 0 Å². The number of aromatic nitrogens is 3. The number of nitrogens with one attached hydrogen (secondary N) is 2. The average molecular weight is 447 g/mol. The van der Waals surface area contributed by atoms with Crippen molar-refractivity contribution in [3.05, 3.63) is 52.7 Å². The Morgan fingerprint density at radius 2 is 1.84 bits per heavy atom. The van der Waals surface area contributed by atoms with E-state index in [1.165, 1.54) is 26.8 Å². The van der Waals surface area contributed by atoms with Gasteiger partial charge in [0.05, 0.1) is 11.1 Å². The van der Waals surface area contributed by atoms with Gasteiger partial charge in [-0.1, -0.05) is 0 Å². The normalized spacial score (nSPS) is 13.9. The van der Waals surface area contributed by atoms with Crippen LogP contribution in [0, 0.1) is 24.4 Å². The fraction of sp³-hybridized carbons (Fsp3) is 0.333. The maximum Gasteiger partial charge on any atom is 0.405 e.